The Morgan fingerprint density at radius 3 is 2.43 bits per heavy atom. The quantitative estimate of drug-likeness (QED) is 0.819. The molecule has 0 radical (unpaired) electrons. The van der Waals surface area contributed by atoms with Gasteiger partial charge < -0.3 is 5.11 Å². The molecule has 0 spiro atoms. The first kappa shape index (κ1) is 12.1. The minimum absolute atomic E-state index is 0.188. The summed E-state index contributed by atoms with van der Waals surface area (Å²) in [5.74, 6) is 0. The maximum absolute atomic E-state index is 12.7. The van der Waals surface area contributed by atoms with Gasteiger partial charge in [-0.2, -0.15) is 8.78 Å². The molecule has 0 heterocycles. The normalized spacial score (nSPS) is 14.1. The van der Waals surface area contributed by atoms with Crippen molar-refractivity contribution in [1.29, 1.82) is 0 Å². The first-order valence-corrected chi connectivity index (χ1v) is 5.42. The fourth-order valence-corrected chi connectivity index (χ4v) is 1.54. The summed E-state index contributed by atoms with van der Waals surface area (Å²) in [5, 5.41) is 9.26. The molecule has 0 saturated heterocycles. The van der Waals surface area contributed by atoms with E-state index in [1.807, 2.05) is 0 Å². The summed E-state index contributed by atoms with van der Waals surface area (Å²) in [7, 11) is 0. The number of rotatable bonds is 2. The molecule has 1 aromatic rings. The summed E-state index contributed by atoms with van der Waals surface area (Å²) in [6, 6.07) is 4.60. The second kappa shape index (κ2) is 4.24. The third kappa shape index (κ3) is 2.74. The van der Waals surface area contributed by atoms with Crippen LogP contribution in [0.2, 0.25) is 0 Å². The molecule has 0 fully saturated rings. The van der Waals surface area contributed by atoms with Crippen LogP contribution >= 0.6 is 31.9 Å². The highest BCUT2D eigenvalue weighted by Gasteiger charge is 2.36. The van der Waals surface area contributed by atoms with Crippen molar-refractivity contribution in [2.45, 2.75) is 17.9 Å². The number of aryl methyl sites for hydroxylation is 1. The molecule has 0 saturated carbocycles. The number of halogens is 4. The van der Waals surface area contributed by atoms with Crippen LogP contribution < -0.4 is 0 Å². The Balaban J connectivity index is 3.03. The lowest BCUT2D eigenvalue weighted by Gasteiger charge is -2.17. The average Bonchev–Trinajstić information content (AvgIpc) is 2.07. The summed E-state index contributed by atoms with van der Waals surface area (Å²) in [6.07, 6.45) is -1.82. The van der Waals surface area contributed by atoms with E-state index >= 15 is 0 Å². The van der Waals surface area contributed by atoms with E-state index in [1.54, 1.807) is 13.0 Å². The zero-order valence-electron chi connectivity index (χ0n) is 7.27. The molecule has 0 aliphatic rings. The number of hydrogen-bond acceptors (Lipinski definition) is 1. The molecule has 14 heavy (non-hydrogen) atoms. The van der Waals surface area contributed by atoms with Crippen molar-refractivity contribution in [2.24, 2.45) is 0 Å². The second-order valence-corrected chi connectivity index (χ2v) is 4.86. The monoisotopic (exact) mass is 328 g/mol. The minimum Gasteiger partial charge on any atom is -0.381 e. The molecular weight excluding hydrogens is 322 g/mol. The summed E-state index contributed by atoms with van der Waals surface area (Å²) in [5.41, 5.74) is 0.992. The minimum atomic E-state index is -3.30. The molecule has 0 bridgehead atoms. The predicted octanol–water partition coefficient (Wildman–Crippen LogP) is 3.78. The van der Waals surface area contributed by atoms with Crippen LogP contribution in [0.5, 0.6) is 0 Å². The van der Waals surface area contributed by atoms with E-state index in [9.17, 15) is 13.9 Å². The van der Waals surface area contributed by atoms with Crippen LogP contribution in [0.15, 0.2) is 22.7 Å². The van der Waals surface area contributed by atoms with Gasteiger partial charge in [-0.1, -0.05) is 28.1 Å². The van der Waals surface area contributed by atoms with Crippen molar-refractivity contribution in [3.63, 3.8) is 0 Å². The number of aliphatic hydroxyl groups excluding tert-OH is 1. The van der Waals surface area contributed by atoms with Gasteiger partial charge in [0.15, 0.2) is 6.10 Å². The van der Waals surface area contributed by atoms with E-state index in [0.717, 1.165) is 10.0 Å². The lowest BCUT2D eigenvalue weighted by Crippen LogP contribution is -2.18. The van der Waals surface area contributed by atoms with Crippen LogP contribution in [0.3, 0.4) is 0 Å². The van der Waals surface area contributed by atoms with Crippen molar-refractivity contribution in [2.75, 3.05) is 0 Å². The van der Waals surface area contributed by atoms with Gasteiger partial charge in [-0.25, -0.2) is 0 Å². The van der Waals surface area contributed by atoms with E-state index in [0.29, 0.717) is 0 Å². The number of aliphatic hydroxyl groups is 1. The van der Waals surface area contributed by atoms with E-state index in [4.69, 9.17) is 0 Å². The maximum atomic E-state index is 12.7. The van der Waals surface area contributed by atoms with Crippen LogP contribution in [0, 0.1) is 6.92 Å². The summed E-state index contributed by atoms with van der Waals surface area (Å²) in [6.45, 7) is 1.77. The third-order valence-electron chi connectivity index (χ3n) is 1.81. The number of benzene rings is 1. The van der Waals surface area contributed by atoms with Crippen molar-refractivity contribution in [1.82, 2.24) is 0 Å². The molecule has 0 aliphatic heterocycles. The Kier molecular flexibility index (Phi) is 3.66. The average molecular weight is 330 g/mol. The van der Waals surface area contributed by atoms with Gasteiger partial charge in [0.2, 0.25) is 0 Å². The molecule has 5 heteroatoms. The smallest absolute Gasteiger partial charge is 0.330 e. The van der Waals surface area contributed by atoms with Gasteiger partial charge in [0.1, 0.15) is 0 Å². The summed E-state index contributed by atoms with van der Waals surface area (Å²) < 4.78 is 26.2. The molecule has 0 aromatic heterocycles. The Labute approximate surface area is 97.4 Å². The van der Waals surface area contributed by atoms with Crippen molar-refractivity contribution in [3.05, 3.63) is 33.8 Å². The fraction of sp³-hybridized carbons (Fsp3) is 0.333. The van der Waals surface area contributed by atoms with Gasteiger partial charge in [-0.05, 0) is 40.0 Å². The number of alkyl halides is 3. The van der Waals surface area contributed by atoms with Gasteiger partial charge in [-0.15, -0.1) is 0 Å². The molecule has 1 unspecified atom stereocenters. The van der Waals surface area contributed by atoms with Crippen molar-refractivity contribution >= 4 is 31.9 Å². The lowest BCUT2D eigenvalue weighted by molar-refractivity contribution is -0.0294. The Morgan fingerprint density at radius 1 is 1.43 bits per heavy atom. The highest BCUT2D eigenvalue weighted by molar-refractivity contribution is 9.10. The highest BCUT2D eigenvalue weighted by atomic mass is 79.9. The molecule has 78 valence electrons. The maximum Gasteiger partial charge on any atom is 0.330 e. The van der Waals surface area contributed by atoms with Gasteiger partial charge in [0.05, 0.1) is 0 Å². The van der Waals surface area contributed by atoms with E-state index in [2.05, 4.69) is 31.9 Å². The fourth-order valence-electron chi connectivity index (χ4n) is 1.03. The zero-order chi connectivity index (χ0) is 10.9. The Morgan fingerprint density at radius 2 is 2.00 bits per heavy atom. The van der Waals surface area contributed by atoms with Crippen molar-refractivity contribution < 1.29 is 13.9 Å². The van der Waals surface area contributed by atoms with Gasteiger partial charge >= 0.3 is 4.83 Å². The van der Waals surface area contributed by atoms with Crippen LogP contribution in [0.4, 0.5) is 8.78 Å². The molecular formula is C9H8Br2F2O. The second-order valence-electron chi connectivity index (χ2n) is 2.95. The van der Waals surface area contributed by atoms with Gasteiger partial charge in [0, 0.05) is 4.47 Å². The Bertz CT molecular complexity index is 336. The summed E-state index contributed by atoms with van der Waals surface area (Å²) >= 11 is 5.38. The molecule has 1 N–H and O–H groups in total. The third-order valence-corrected chi connectivity index (χ3v) is 3.13. The van der Waals surface area contributed by atoms with Gasteiger partial charge in [-0.3, -0.25) is 0 Å². The molecule has 1 atom stereocenters. The van der Waals surface area contributed by atoms with E-state index in [-0.39, 0.29) is 5.56 Å². The van der Waals surface area contributed by atoms with Crippen LogP contribution in [-0.2, 0) is 0 Å². The summed E-state index contributed by atoms with van der Waals surface area (Å²) in [4.78, 5) is -3.30. The van der Waals surface area contributed by atoms with E-state index < -0.39 is 10.9 Å². The lowest BCUT2D eigenvalue weighted by atomic mass is 10.1. The standard InChI is InChI=1S/C9H8Br2F2O/c1-5-4-6(2-3-7(5)10)8(14)9(11,12)13/h2-4,8,14H,1H3. The zero-order valence-corrected chi connectivity index (χ0v) is 10.4. The molecule has 0 aliphatic carbocycles. The molecule has 1 rings (SSSR count). The van der Waals surface area contributed by atoms with Crippen LogP contribution in [0.25, 0.3) is 0 Å². The van der Waals surface area contributed by atoms with Crippen LogP contribution in [-0.4, -0.2) is 9.94 Å². The Hall–Kier alpha value is -0.000000000000000111. The topological polar surface area (TPSA) is 20.2 Å². The predicted molar refractivity (Wildman–Crippen MR) is 57.7 cm³/mol. The first-order valence-electron chi connectivity index (χ1n) is 3.83. The highest BCUT2D eigenvalue weighted by Crippen LogP contribution is 2.37. The molecule has 1 aromatic carbocycles. The van der Waals surface area contributed by atoms with Crippen LogP contribution in [0.1, 0.15) is 17.2 Å². The van der Waals surface area contributed by atoms with Gasteiger partial charge in [0.25, 0.3) is 0 Å². The van der Waals surface area contributed by atoms with Crippen molar-refractivity contribution in [3.8, 4) is 0 Å². The SMILES string of the molecule is Cc1cc(C(O)C(F)(F)Br)ccc1Br. The molecule has 0 amide bonds. The first-order chi connectivity index (χ1) is 6.32. The largest absolute Gasteiger partial charge is 0.381 e. The number of hydrogen-bond donors (Lipinski definition) is 1. The van der Waals surface area contributed by atoms with E-state index in [1.165, 1.54) is 12.1 Å². The molecule has 1 nitrogen and oxygen atoms in total.